The van der Waals surface area contributed by atoms with Gasteiger partial charge >= 0.3 is 0 Å². The zero-order valence-electron chi connectivity index (χ0n) is 12.8. The second-order valence-electron chi connectivity index (χ2n) is 5.71. The van der Waals surface area contributed by atoms with Crippen LogP contribution in [0.25, 0.3) is 0 Å². The third-order valence-corrected chi connectivity index (χ3v) is 4.86. The van der Waals surface area contributed by atoms with E-state index in [0.29, 0.717) is 11.7 Å². The molecule has 1 atom stereocenters. The number of piperidine rings is 1. The Kier molecular flexibility index (Phi) is 5.05. The molecule has 1 saturated heterocycles. The maximum Gasteiger partial charge on any atom is 0.267 e. The Hall–Kier alpha value is -1.07. The summed E-state index contributed by atoms with van der Waals surface area (Å²) in [5, 5.41) is 0. The molecule has 1 aliphatic heterocycles. The molecule has 0 aromatic carbocycles. The predicted molar refractivity (Wildman–Crippen MR) is 82.8 cm³/mol. The highest BCUT2D eigenvalue weighted by atomic mass is 32.1. The van der Waals surface area contributed by atoms with Gasteiger partial charge in [0.25, 0.3) is 5.91 Å². The van der Waals surface area contributed by atoms with Crippen LogP contribution in [0.1, 0.15) is 27.4 Å². The van der Waals surface area contributed by atoms with Crippen molar-refractivity contribution >= 4 is 17.2 Å². The minimum atomic E-state index is 0.0770. The predicted octanol–water partition coefficient (Wildman–Crippen LogP) is 2.48. The van der Waals surface area contributed by atoms with Crippen molar-refractivity contribution in [2.45, 2.75) is 19.8 Å². The standard InChI is InChI=1S/C15H24N2O2S/c1-11-8-13(19-4)14(20-11)15(18)17(3)10-12-6-5-7-16(2)9-12/h8,12H,5-7,9-10H2,1-4H3. The molecule has 2 rings (SSSR count). The molecule has 0 spiro atoms. The molecule has 1 unspecified atom stereocenters. The summed E-state index contributed by atoms with van der Waals surface area (Å²) in [7, 11) is 5.67. The molecule has 0 N–H and O–H groups in total. The summed E-state index contributed by atoms with van der Waals surface area (Å²) < 4.78 is 5.30. The lowest BCUT2D eigenvalue weighted by Crippen LogP contribution is -2.39. The van der Waals surface area contributed by atoms with E-state index >= 15 is 0 Å². The van der Waals surface area contributed by atoms with Gasteiger partial charge < -0.3 is 14.5 Å². The molecule has 1 fully saturated rings. The van der Waals surface area contributed by atoms with Gasteiger partial charge in [0.15, 0.2) is 0 Å². The van der Waals surface area contributed by atoms with Gasteiger partial charge in [-0.2, -0.15) is 0 Å². The first kappa shape index (κ1) is 15.3. The largest absolute Gasteiger partial charge is 0.495 e. The summed E-state index contributed by atoms with van der Waals surface area (Å²) in [6.45, 7) is 5.08. The summed E-state index contributed by atoms with van der Waals surface area (Å²) in [4.78, 5) is 18.6. The van der Waals surface area contributed by atoms with E-state index in [-0.39, 0.29) is 5.91 Å². The summed E-state index contributed by atoms with van der Waals surface area (Å²) >= 11 is 1.51. The van der Waals surface area contributed by atoms with Crippen molar-refractivity contribution < 1.29 is 9.53 Å². The van der Waals surface area contributed by atoms with E-state index in [4.69, 9.17) is 4.74 Å². The van der Waals surface area contributed by atoms with Crippen molar-refractivity contribution in [1.29, 1.82) is 0 Å². The van der Waals surface area contributed by atoms with Crippen LogP contribution in [-0.4, -0.2) is 56.5 Å². The molecule has 20 heavy (non-hydrogen) atoms. The Morgan fingerprint density at radius 1 is 1.60 bits per heavy atom. The highest BCUT2D eigenvalue weighted by Crippen LogP contribution is 2.30. The quantitative estimate of drug-likeness (QED) is 0.856. The van der Waals surface area contributed by atoms with Gasteiger partial charge in [0.1, 0.15) is 10.6 Å². The van der Waals surface area contributed by atoms with Crippen LogP contribution in [0.5, 0.6) is 5.75 Å². The second-order valence-corrected chi connectivity index (χ2v) is 6.97. The van der Waals surface area contributed by atoms with Crippen LogP contribution in [0.3, 0.4) is 0 Å². The number of rotatable bonds is 4. The van der Waals surface area contributed by atoms with Crippen molar-refractivity contribution in [3.8, 4) is 5.75 Å². The molecule has 0 bridgehead atoms. The first-order valence-electron chi connectivity index (χ1n) is 7.09. The zero-order chi connectivity index (χ0) is 14.7. The van der Waals surface area contributed by atoms with E-state index in [1.54, 1.807) is 7.11 Å². The number of amides is 1. The molecule has 1 aromatic heterocycles. The Balaban J connectivity index is 2.00. The molecule has 0 aliphatic carbocycles. The van der Waals surface area contributed by atoms with Crippen molar-refractivity contribution in [1.82, 2.24) is 9.80 Å². The number of carbonyl (C=O) groups is 1. The van der Waals surface area contributed by atoms with Gasteiger partial charge in [-0.15, -0.1) is 11.3 Å². The lowest BCUT2D eigenvalue weighted by Gasteiger charge is -2.32. The van der Waals surface area contributed by atoms with Gasteiger partial charge in [-0.3, -0.25) is 4.79 Å². The smallest absolute Gasteiger partial charge is 0.267 e. The van der Waals surface area contributed by atoms with Crippen LogP contribution >= 0.6 is 11.3 Å². The topological polar surface area (TPSA) is 32.8 Å². The Morgan fingerprint density at radius 3 is 3.00 bits per heavy atom. The average molecular weight is 296 g/mol. The monoisotopic (exact) mass is 296 g/mol. The fourth-order valence-electron chi connectivity index (χ4n) is 2.86. The highest BCUT2D eigenvalue weighted by Gasteiger charge is 2.24. The molecular formula is C15H24N2O2S. The fourth-order valence-corrected chi connectivity index (χ4v) is 3.83. The third kappa shape index (κ3) is 3.52. The molecule has 0 saturated carbocycles. The number of methoxy groups -OCH3 is 1. The first-order valence-corrected chi connectivity index (χ1v) is 7.91. The van der Waals surface area contributed by atoms with E-state index in [1.807, 2.05) is 24.9 Å². The molecular weight excluding hydrogens is 272 g/mol. The van der Waals surface area contributed by atoms with Crippen molar-refractivity contribution in [3.63, 3.8) is 0 Å². The fraction of sp³-hybridized carbons (Fsp3) is 0.667. The number of hydrogen-bond acceptors (Lipinski definition) is 4. The third-order valence-electron chi connectivity index (χ3n) is 3.84. The molecule has 2 heterocycles. The van der Waals surface area contributed by atoms with Crippen molar-refractivity contribution in [3.05, 3.63) is 15.8 Å². The number of thiophene rings is 1. The minimum Gasteiger partial charge on any atom is -0.495 e. The van der Waals surface area contributed by atoms with Crippen molar-refractivity contribution in [2.24, 2.45) is 5.92 Å². The van der Waals surface area contributed by atoms with Gasteiger partial charge in [0.05, 0.1) is 7.11 Å². The zero-order valence-corrected chi connectivity index (χ0v) is 13.6. The van der Waals surface area contributed by atoms with Gasteiger partial charge in [-0.25, -0.2) is 0 Å². The summed E-state index contributed by atoms with van der Waals surface area (Å²) in [6.07, 6.45) is 2.44. The lowest BCUT2D eigenvalue weighted by molar-refractivity contribution is 0.0742. The van der Waals surface area contributed by atoms with Gasteiger partial charge in [-0.05, 0) is 45.3 Å². The SMILES string of the molecule is COc1cc(C)sc1C(=O)N(C)CC1CCCN(C)C1. The Labute approximate surface area is 125 Å². The number of ether oxygens (including phenoxy) is 1. The molecule has 4 nitrogen and oxygen atoms in total. The minimum absolute atomic E-state index is 0.0770. The lowest BCUT2D eigenvalue weighted by atomic mass is 9.98. The molecule has 1 aromatic rings. The molecule has 112 valence electrons. The number of likely N-dealkylation sites (tertiary alicyclic amines) is 1. The van der Waals surface area contributed by atoms with E-state index in [0.717, 1.165) is 22.8 Å². The normalized spacial score (nSPS) is 19.9. The Morgan fingerprint density at radius 2 is 2.35 bits per heavy atom. The van der Waals surface area contributed by atoms with Crippen LogP contribution in [0, 0.1) is 12.8 Å². The average Bonchev–Trinajstić information content (AvgIpc) is 2.79. The van der Waals surface area contributed by atoms with Crippen LogP contribution < -0.4 is 4.74 Å². The van der Waals surface area contributed by atoms with E-state index in [9.17, 15) is 4.79 Å². The molecule has 5 heteroatoms. The summed E-state index contributed by atoms with van der Waals surface area (Å²) in [5.74, 6) is 1.35. The summed E-state index contributed by atoms with van der Waals surface area (Å²) in [6, 6.07) is 1.93. The van der Waals surface area contributed by atoms with E-state index in [2.05, 4.69) is 11.9 Å². The molecule has 0 radical (unpaired) electrons. The van der Waals surface area contributed by atoms with Gasteiger partial charge in [0.2, 0.25) is 0 Å². The maximum absolute atomic E-state index is 12.5. The second kappa shape index (κ2) is 6.59. The molecule has 1 amide bonds. The van der Waals surface area contributed by atoms with Crippen LogP contribution in [0.15, 0.2) is 6.07 Å². The number of carbonyl (C=O) groups excluding carboxylic acids is 1. The van der Waals surface area contributed by atoms with Crippen LogP contribution in [0.2, 0.25) is 0 Å². The van der Waals surface area contributed by atoms with Crippen molar-refractivity contribution in [2.75, 3.05) is 40.8 Å². The van der Waals surface area contributed by atoms with Crippen LogP contribution in [0.4, 0.5) is 0 Å². The Bertz CT molecular complexity index is 472. The number of nitrogens with zero attached hydrogens (tertiary/aromatic N) is 2. The number of aryl methyl sites for hydroxylation is 1. The maximum atomic E-state index is 12.5. The highest BCUT2D eigenvalue weighted by molar-refractivity contribution is 7.14. The van der Waals surface area contributed by atoms with Gasteiger partial charge in [0, 0.05) is 25.0 Å². The van der Waals surface area contributed by atoms with E-state index < -0.39 is 0 Å². The van der Waals surface area contributed by atoms with E-state index in [1.165, 1.54) is 30.7 Å². The summed E-state index contributed by atoms with van der Waals surface area (Å²) in [5.41, 5.74) is 0. The first-order chi connectivity index (χ1) is 9.51. The van der Waals surface area contributed by atoms with Gasteiger partial charge in [-0.1, -0.05) is 0 Å². The van der Waals surface area contributed by atoms with Crippen LogP contribution in [-0.2, 0) is 0 Å². The number of hydrogen-bond donors (Lipinski definition) is 0. The molecule has 1 aliphatic rings.